The zero-order valence-corrected chi connectivity index (χ0v) is 14.2. The van der Waals surface area contributed by atoms with Crippen molar-refractivity contribution in [3.8, 4) is 0 Å². The van der Waals surface area contributed by atoms with Gasteiger partial charge in [0.2, 0.25) is 5.91 Å². The van der Waals surface area contributed by atoms with Crippen LogP contribution < -0.4 is 5.32 Å². The molecule has 0 saturated heterocycles. The van der Waals surface area contributed by atoms with Gasteiger partial charge in [0.15, 0.2) is 0 Å². The van der Waals surface area contributed by atoms with Gasteiger partial charge in [0.1, 0.15) is 18.5 Å². The molecule has 0 saturated carbocycles. The quantitative estimate of drug-likeness (QED) is 0.751. The molecule has 1 unspecified atom stereocenters. The van der Waals surface area contributed by atoms with Gasteiger partial charge in [-0.3, -0.25) is 9.48 Å². The molecule has 138 valence electrons. The van der Waals surface area contributed by atoms with Crippen LogP contribution in [0.5, 0.6) is 0 Å². The highest BCUT2D eigenvalue weighted by atomic mass is 19.4. The number of hydrogen-bond donors (Lipinski definition) is 1. The summed E-state index contributed by atoms with van der Waals surface area (Å²) in [6.07, 6.45) is -1.51. The van der Waals surface area contributed by atoms with E-state index >= 15 is 0 Å². The predicted molar refractivity (Wildman–Crippen MR) is 86.7 cm³/mol. The molecule has 1 amide bonds. The van der Waals surface area contributed by atoms with Crippen molar-refractivity contribution in [2.24, 2.45) is 13.0 Å². The molecule has 0 fully saturated rings. The van der Waals surface area contributed by atoms with Gasteiger partial charge in [0, 0.05) is 7.05 Å². The van der Waals surface area contributed by atoms with Crippen LogP contribution in [0, 0.1) is 5.92 Å². The number of hydrogen-bond acceptors (Lipinski definition) is 4. The fourth-order valence-corrected chi connectivity index (χ4v) is 2.62. The number of rotatable bonds is 5. The van der Waals surface area contributed by atoms with Gasteiger partial charge >= 0.3 is 6.18 Å². The lowest BCUT2D eigenvalue weighted by molar-refractivity contribution is -0.137. The largest absolute Gasteiger partial charge is 0.416 e. The van der Waals surface area contributed by atoms with Crippen LogP contribution in [0.25, 0.3) is 11.0 Å². The Bertz CT molecular complexity index is 916. The standard InChI is InChI=1S/C16H17F3N6O/c1-10(7-25-9-20-8-22-25)15(26)21-6-14-23-12-5-11(16(17,18)19)3-4-13(12)24(14)2/h3-5,8-10H,6-7H2,1-2H3,(H,21,26). The number of amides is 1. The average molecular weight is 366 g/mol. The zero-order chi connectivity index (χ0) is 18.9. The van der Waals surface area contributed by atoms with Crippen LogP contribution in [-0.4, -0.2) is 30.2 Å². The number of imidazole rings is 1. The van der Waals surface area contributed by atoms with Crippen LogP contribution in [0.3, 0.4) is 0 Å². The minimum Gasteiger partial charge on any atom is -0.349 e. The van der Waals surface area contributed by atoms with E-state index in [2.05, 4.69) is 20.4 Å². The van der Waals surface area contributed by atoms with E-state index in [1.807, 2.05) is 0 Å². The summed E-state index contributed by atoms with van der Waals surface area (Å²) in [5.74, 6) is -0.0765. The van der Waals surface area contributed by atoms with Crippen molar-refractivity contribution < 1.29 is 18.0 Å². The number of nitrogens with zero attached hydrogens (tertiary/aromatic N) is 5. The van der Waals surface area contributed by atoms with E-state index in [0.717, 1.165) is 12.1 Å². The Morgan fingerprint density at radius 1 is 1.35 bits per heavy atom. The zero-order valence-electron chi connectivity index (χ0n) is 14.2. The fraction of sp³-hybridized carbons (Fsp3) is 0.375. The molecule has 0 aliphatic heterocycles. The van der Waals surface area contributed by atoms with Gasteiger partial charge in [-0.25, -0.2) is 9.97 Å². The van der Waals surface area contributed by atoms with E-state index in [1.165, 1.54) is 18.7 Å². The van der Waals surface area contributed by atoms with Crippen LogP contribution in [0.15, 0.2) is 30.9 Å². The smallest absolute Gasteiger partial charge is 0.349 e. The molecule has 0 spiro atoms. The van der Waals surface area contributed by atoms with Gasteiger partial charge < -0.3 is 9.88 Å². The van der Waals surface area contributed by atoms with E-state index in [4.69, 9.17) is 0 Å². The van der Waals surface area contributed by atoms with Crippen molar-refractivity contribution in [3.63, 3.8) is 0 Å². The van der Waals surface area contributed by atoms with Gasteiger partial charge in [0.25, 0.3) is 0 Å². The molecule has 10 heteroatoms. The first-order valence-corrected chi connectivity index (χ1v) is 7.88. The number of aryl methyl sites for hydroxylation is 1. The third-order valence-electron chi connectivity index (χ3n) is 4.10. The lowest BCUT2D eigenvalue weighted by Gasteiger charge is -2.12. The van der Waals surface area contributed by atoms with E-state index in [-0.39, 0.29) is 23.9 Å². The number of benzene rings is 1. The lowest BCUT2D eigenvalue weighted by Crippen LogP contribution is -2.32. The molecule has 2 aromatic heterocycles. The van der Waals surface area contributed by atoms with Crippen molar-refractivity contribution in [1.82, 2.24) is 29.6 Å². The Hall–Kier alpha value is -2.91. The van der Waals surface area contributed by atoms with E-state index in [1.54, 1.807) is 23.2 Å². The Morgan fingerprint density at radius 3 is 2.77 bits per heavy atom. The van der Waals surface area contributed by atoms with Gasteiger partial charge in [-0.2, -0.15) is 18.3 Å². The minimum atomic E-state index is -4.42. The Labute approximate surface area is 146 Å². The normalized spacial score (nSPS) is 13.1. The molecule has 0 aliphatic rings. The Morgan fingerprint density at radius 2 is 2.12 bits per heavy atom. The summed E-state index contributed by atoms with van der Waals surface area (Å²) in [7, 11) is 1.70. The first-order chi connectivity index (χ1) is 12.3. The lowest BCUT2D eigenvalue weighted by atomic mass is 10.1. The topological polar surface area (TPSA) is 77.6 Å². The van der Waals surface area contributed by atoms with Crippen LogP contribution in [0.4, 0.5) is 13.2 Å². The summed E-state index contributed by atoms with van der Waals surface area (Å²) in [6, 6.07) is 3.41. The van der Waals surface area contributed by atoms with Crippen molar-refractivity contribution in [2.45, 2.75) is 26.2 Å². The molecular weight excluding hydrogens is 349 g/mol. The summed E-state index contributed by atoms with van der Waals surface area (Å²) >= 11 is 0. The highest BCUT2D eigenvalue weighted by molar-refractivity contribution is 5.79. The summed E-state index contributed by atoms with van der Waals surface area (Å²) in [5.41, 5.74) is 0.0558. The van der Waals surface area contributed by atoms with Crippen LogP contribution in [-0.2, 0) is 31.1 Å². The molecule has 26 heavy (non-hydrogen) atoms. The second kappa shape index (κ2) is 6.77. The molecule has 0 bridgehead atoms. The highest BCUT2D eigenvalue weighted by Gasteiger charge is 2.31. The van der Waals surface area contributed by atoms with E-state index in [9.17, 15) is 18.0 Å². The molecule has 1 aromatic carbocycles. The summed E-state index contributed by atoms with van der Waals surface area (Å²) in [6.45, 7) is 2.25. The minimum absolute atomic E-state index is 0.118. The molecule has 2 heterocycles. The fourth-order valence-electron chi connectivity index (χ4n) is 2.62. The first-order valence-electron chi connectivity index (χ1n) is 7.88. The second-order valence-electron chi connectivity index (χ2n) is 6.02. The SMILES string of the molecule is CC(Cn1cncn1)C(=O)NCc1nc2cc(C(F)(F)F)ccc2n1C. The molecular formula is C16H17F3N6O. The molecule has 3 aromatic rings. The van der Waals surface area contributed by atoms with Gasteiger partial charge in [-0.05, 0) is 18.2 Å². The van der Waals surface area contributed by atoms with E-state index in [0.29, 0.717) is 17.9 Å². The summed E-state index contributed by atoms with van der Waals surface area (Å²) < 4.78 is 41.7. The summed E-state index contributed by atoms with van der Waals surface area (Å²) in [4.78, 5) is 20.2. The van der Waals surface area contributed by atoms with Crippen molar-refractivity contribution >= 4 is 16.9 Å². The van der Waals surface area contributed by atoms with Crippen LogP contribution >= 0.6 is 0 Å². The number of halogens is 3. The Balaban J connectivity index is 1.70. The van der Waals surface area contributed by atoms with Crippen molar-refractivity contribution in [3.05, 3.63) is 42.2 Å². The third-order valence-corrected chi connectivity index (χ3v) is 4.10. The maximum atomic E-state index is 12.8. The third kappa shape index (κ3) is 3.68. The number of aromatic nitrogens is 5. The number of carbonyl (C=O) groups excluding carboxylic acids is 1. The maximum absolute atomic E-state index is 12.8. The van der Waals surface area contributed by atoms with Crippen molar-refractivity contribution in [2.75, 3.05) is 0 Å². The number of alkyl halides is 3. The molecule has 3 rings (SSSR count). The average Bonchev–Trinajstić information content (AvgIpc) is 3.19. The number of fused-ring (bicyclic) bond motifs is 1. The molecule has 1 atom stereocenters. The number of nitrogens with one attached hydrogen (secondary N) is 1. The molecule has 0 radical (unpaired) electrons. The first kappa shape index (κ1) is 17.9. The van der Waals surface area contributed by atoms with Crippen LogP contribution in [0.1, 0.15) is 18.3 Å². The van der Waals surface area contributed by atoms with E-state index < -0.39 is 11.7 Å². The van der Waals surface area contributed by atoms with Gasteiger partial charge in [-0.15, -0.1) is 0 Å². The molecule has 0 aliphatic carbocycles. The maximum Gasteiger partial charge on any atom is 0.416 e. The predicted octanol–water partition coefficient (Wildman–Crippen LogP) is 2.14. The highest BCUT2D eigenvalue weighted by Crippen LogP contribution is 2.31. The van der Waals surface area contributed by atoms with Crippen LogP contribution in [0.2, 0.25) is 0 Å². The van der Waals surface area contributed by atoms with Gasteiger partial charge in [0.05, 0.1) is 35.6 Å². The van der Waals surface area contributed by atoms with Gasteiger partial charge in [-0.1, -0.05) is 6.92 Å². The van der Waals surface area contributed by atoms with Crippen molar-refractivity contribution in [1.29, 1.82) is 0 Å². The number of carbonyl (C=O) groups is 1. The molecule has 7 nitrogen and oxygen atoms in total. The second-order valence-corrected chi connectivity index (χ2v) is 6.02. The monoisotopic (exact) mass is 366 g/mol. The summed E-state index contributed by atoms with van der Waals surface area (Å²) in [5, 5.41) is 6.70. The Kier molecular flexibility index (Phi) is 4.66. The molecule has 1 N–H and O–H groups in total.